The molecule has 0 atom stereocenters. The summed E-state index contributed by atoms with van der Waals surface area (Å²) in [7, 11) is 0. The third-order valence-corrected chi connectivity index (χ3v) is 7.24. The molecule has 6 heteroatoms. The molecule has 5 nitrogen and oxygen atoms in total. The second-order valence-electron chi connectivity index (χ2n) is 7.96. The first-order chi connectivity index (χ1) is 14.0. The molecular weight excluding hydrogens is 384 g/mol. The van der Waals surface area contributed by atoms with Crippen LogP contribution in [-0.2, 0) is 24.1 Å². The Morgan fingerprint density at radius 1 is 0.966 bits per heavy atom. The number of hydroxylamine groups is 3. The maximum absolute atomic E-state index is 12.8. The van der Waals surface area contributed by atoms with Crippen LogP contribution in [0.5, 0.6) is 0 Å². The van der Waals surface area contributed by atoms with Gasteiger partial charge in [-0.25, -0.2) is 0 Å². The molecule has 0 aliphatic carbocycles. The lowest BCUT2D eigenvalue weighted by atomic mass is 9.95. The third kappa shape index (κ3) is 3.53. The van der Waals surface area contributed by atoms with E-state index in [9.17, 15) is 14.6 Å². The number of amides is 1. The number of carbonyl (C=O) groups is 1. The van der Waals surface area contributed by atoms with Crippen molar-refractivity contribution < 1.29 is 14.0 Å². The van der Waals surface area contributed by atoms with Crippen LogP contribution in [-0.4, -0.2) is 39.7 Å². The number of rotatable bonds is 4. The van der Waals surface area contributed by atoms with Gasteiger partial charge in [0.15, 0.2) is 11.5 Å². The number of quaternary nitrogens is 1. The first-order valence-electron chi connectivity index (χ1n) is 9.87. The molecule has 0 spiro atoms. The van der Waals surface area contributed by atoms with Gasteiger partial charge < -0.3 is 19.7 Å². The van der Waals surface area contributed by atoms with Gasteiger partial charge in [-0.2, -0.15) is 0 Å². The number of benzene rings is 3. The van der Waals surface area contributed by atoms with Crippen LogP contribution >= 0.6 is 0 Å². The molecule has 0 radical (unpaired) electrons. The highest BCUT2D eigenvalue weighted by Crippen LogP contribution is 2.35. The highest BCUT2D eigenvalue weighted by atomic mass is 32.2. The van der Waals surface area contributed by atoms with Crippen LogP contribution in [0.2, 0.25) is 0 Å². The molecule has 0 saturated carbocycles. The molecule has 3 aromatic carbocycles. The van der Waals surface area contributed by atoms with Crippen LogP contribution in [0.25, 0.3) is 10.8 Å². The van der Waals surface area contributed by atoms with Crippen LogP contribution in [0.3, 0.4) is 0 Å². The van der Waals surface area contributed by atoms with Crippen LogP contribution < -0.4 is 5.32 Å². The van der Waals surface area contributed by atoms with E-state index < -0.39 is 11.2 Å². The second-order valence-corrected chi connectivity index (χ2v) is 9.66. The highest BCUT2D eigenvalue weighted by molar-refractivity contribution is 7.91. The lowest BCUT2D eigenvalue weighted by Crippen LogP contribution is -2.51. The Labute approximate surface area is 172 Å². The number of carbonyl (C=O) groups excluding carboxylic acids is 1. The van der Waals surface area contributed by atoms with Crippen molar-refractivity contribution >= 4 is 33.5 Å². The number of hydrogen-bond acceptors (Lipinski definition) is 3. The van der Waals surface area contributed by atoms with Gasteiger partial charge in [-0.3, -0.25) is 4.79 Å². The van der Waals surface area contributed by atoms with Gasteiger partial charge in [0.25, 0.3) is 5.91 Å². The third-order valence-electron chi connectivity index (χ3n) is 5.96. The molecule has 1 fully saturated rings. The van der Waals surface area contributed by atoms with Gasteiger partial charge in [-0.05, 0) is 46.2 Å². The predicted octanol–water partition coefficient (Wildman–Crippen LogP) is 3.57. The zero-order valence-electron chi connectivity index (χ0n) is 16.0. The Morgan fingerprint density at radius 2 is 1.69 bits per heavy atom. The van der Waals surface area contributed by atoms with Gasteiger partial charge in [-0.15, -0.1) is 0 Å². The minimum Gasteiger partial charge on any atom is -0.632 e. The normalized spacial score (nSPS) is 23.4. The van der Waals surface area contributed by atoms with Crippen molar-refractivity contribution in [1.29, 1.82) is 0 Å². The summed E-state index contributed by atoms with van der Waals surface area (Å²) in [6.07, 6.45) is 0.769. The summed E-state index contributed by atoms with van der Waals surface area (Å²) >= 11 is -0.825. The van der Waals surface area contributed by atoms with E-state index in [0.29, 0.717) is 31.1 Å². The Bertz CT molecular complexity index is 1090. The lowest BCUT2D eigenvalue weighted by Gasteiger charge is -2.45. The zero-order chi connectivity index (χ0) is 20.0. The van der Waals surface area contributed by atoms with E-state index in [1.54, 1.807) is 0 Å². The average Bonchev–Trinajstić information content (AvgIpc) is 3.05. The van der Waals surface area contributed by atoms with Crippen molar-refractivity contribution in [3.05, 3.63) is 82.1 Å². The largest absolute Gasteiger partial charge is 0.632 e. The number of anilines is 1. The quantitative estimate of drug-likeness (QED) is 0.409. The summed E-state index contributed by atoms with van der Waals surface area (Å²) in [6.45, 7) is 1.30. The predicted molar refractivity (Wildman–Crippen MR) is 116 cm³/mol. The fraction of sp³-hybridized carbons (Fsp3) is 0.261. The van der Waals surface area contributed by atoms with E-state index >= 15 is 0 Å². The molecule has 0 unspecified atom stereocenters. The summed E-state index contributed by atoms with van der Waals surface area (Å²) in [4.78, 5) is 12.1. The molecule has 2 aliphatic rings. The molecule has 1 amide bonds. The van der Waals surface area contributed by atoms with Crippen molar-refractivity contribution in [2.75, 3.05) is 29.9 Å². The van der Waals surface area contributed by atoms with E-state index in [-0.39, 0.29) is 10.6 Å². The van der Waals surface area contributed by atoms with E-state index in [0.717, 1.165) is 34.0 Å². The molecule has 148 valence electrons. The van der Waals surface area contributed by atoms with Crippen molar-refractivity contribution in [3.63, 3.8) is 0 Å². The number of nitrogens with one attached hydrogen (secondary N) is 1. The second kappa shape index (κ2) is 7.15. The van der Waals surface area contributed by atoms with E-state index in [1.807, 2.05) is 30.3 Å². The minimum atomic E-state index is -0.825. The van der Waals surface area contributed by atoms with E-state index in [2.05, 4.69) is 29.6 Å². The van der Waals surface area contributed by atoms with Gasteiger partial charge in [0.1, 0.15) is 19.6 Å². The summed E-state index contributed by atoms with van der Waals surface area (Å²) in [5.41, 5.74) is 4.99. The SMILES string of the molecule is O=C1Nc2ccc(Cc3ccc(C[N+]4([O-])CC[S+]([O-])CC4)cc3)c3cccc1c23. The Morgan fingerprint density at radius 3 is 2.45 bits per heavy atom. The van der Waals surface area contributed by atoms with E-state index in [4.69, 9.17) is 0 Å². The molecule has 3 aromatic rings. The first-order valence-corrected chi connectivity index (χ1v) is 11.4. The van der Waals surface area contributed by atoms with Gasteiger partial charge >= 0.3 is 0 Å². The van der Waals surface area contributed by atoms with E-state index in [1.165, 1.54) is 11.1 Å². The molecule has 29 heavy (non-hydrogen) atoms. The van der Waals surface area contributed by atoms with Crippen molar-refractivity contribution in [2.45, 2.75) is 13.0 Å². The summed E-state index contributed by atoms with van der Waals surface area (Å²) in [5, 5.41) is 17.9. The highest BCUT2D eigenvalue weighted by Gasteiger charge is 2.28. The van der Waals surface area contributed by atoms with Crippen LogP contribution in [0, 0.1) is 5.21 Å². The van der Waals surface area contributed by atoms with Gasteiger partial charge in [0, 0.05) is 22.2 Å². The van der Waals surface area contributed by atoms with Crippen molar-refractivity contribution in [2.24, 2.45) is 0 Å². The molecule has 2 heterocycles. The average molecular weight is 407 g/mol. The molecule has 0 bridgehead atoms. The molecular formula is C23H22N2O3S. The minimum absolute atomic E-state index is 0.0386. The lowest BCUT2D eigenvalue weighted by molar-refractivity contribution is -0.890. The van der Waals surface area contributed by atoms with Gasteiger partial charge in [0.05, 0.1) is 0 Å². The van der Waals surface area contributed by atoms with Crippen molar-refractivity contribution in [3.8, 4) is 0 Å². The standard InChI is InChI=1S/C23H22N2O3S/c26-23-20-3-1-2-19-18(8-9-21(24-23)22(19)20)14-16-4-6-17(7-5-16)15-25(27)10-12-29(28)13-11-25/h1-9H,10-15H2,(H,24,26). The Balaban J connectivity index is 1.36. The van der Waals surface area contributed by atoms with Crippen LogP contribution in [0.15, 0.2) is 54.6 Å². The summed E-state index contributed by atoms with van der Waals surface area (Å²) in [5.74, 6) is 0.969. The van der Waals surface area contributed by atoms with Crippen LogP contribution in [0.4, 0.5) is 5.69 Å². The van der Waals surface area contributed by atoms with Crippen molar-refractivity contribution in [1.82, 2.24) is 0 Å². The fourth-order valence-corrected chi connectivity index (χ4v) is 5.60. The summed E-state index contributed by atoms with van der Waals surface area (Å²) in [6, 6.07) is 18.1. The first kappa shape index (κ1) is 18.6. The zero-order valence-corrected chi connectivity index (χ0v) is 16.8. The maximum Gasteiger partial charge on any atom is 0.256 e. The Kier molecular flexibility index (Phi) is 4.59. The molecule has 0 aromatic heterocycles. The number of nitrogens with zero attached hydrogens (tertiary/aromatic N) is 1. The smallest absolute Gasteiger partial charge is 0.256 e. The monoisotopic (exact) mass is 406 g/mol. The molecule has 1 saturated heterocycles. The Hall–Kier alpha value is -2.38. The fourth-order valence-electron chi connectivity index (χ4n) is 4.33. The van der Waals surface area contributed by atoms with Gasteiger partial charge in [-0.1, -0.05) is 42.5 Å². The summed E-state index contributed by atoms with van der Waals surface area (Å²) < 4.78 is 11.2. The molecule has 2 aliphatic heterocycles. The molecule has 1 N–H and O–H groups in total. The number of hydrogen-bond donors (Lipinski definition) is 1. The maximum atomic E-state index is 12.8. The van der Waals surface area contributed by atoms with Crippen LogP contribution in [0.1, 0.15) is 27.0 Å². The molecule has 5 rings (SSSR count). The topological polar surface area (TPSA) is 75.2 Å². The van der Waals surface area contributed by atoms with Gasteiger partial charge in [0.2, 0.25) is 0 Å².